The highest BCUT2D eigenvalue weighted by Gasteiger charge is 2.31. The first kappa shape index (κ1) is 20.4. The average molecular weight is 435 g/mol. The largest absolute Gasteiger partial charge is 0.477 e. The van der Waals surface area contributed by atoms with E-state index in [9.17, 15) is 14.7 Å². The minimum Gasteiger partial charge on any atom is -0.477 e. The van der Waals surface area contributed by atoms with Gasteiger partial charge in [0.05, 0.1) is 10.6 Å². The van der Waals surface area contributed by atoms with Gasteiger partial charge in [-0.25, -0.2) is 4.79 Å². The van der Waals surface area contributed by atoms with Crippen LogP contribution in [0.1, 0.15) is 61.8 Å². The first-order valence-electron chi connectivity index (χ1n) is 10.1. The number of carboxylic acid groups (broad SMARTS) is 1. The smallest absolute Gasteiger partial charge is 0.346 e. The number of nitrogens with zero attached hydrogens (tertiary/aromatic N) is 4. The zero-order valence-electron chi connectivity index (χ0n) is 16.6. The normalized spacial score (nSPS) is 17.3. The highest BCUT2D eigenvalue weighted by Crippen LogP contribution is 2.36. The van der Waals surface area contributed by atoms with Crippen LogP contribution in [-0.2, 0) is 25.1 Å². The first-order chi connectivity index (χ1) is 14.1. The Balaban J connectivity index is 1.40. The summed E-state index contributed by atoms with van der Waals surface area (Å²) >= 11 is 2.91. The Bertz CT molecular complexity index is 900. The molecule has 3 heterocycles. The van der Waals surface area contributed by atoms with Gasteiger partial charge in [-0.15, -0.1) is 16.4 Å². The number of aromatic nitrogens is 3. The molecule has 4 rings (SSSR count). The maximum Gasteiger partial charge on any atom is 0.346 e. The Labute approximate surface area is 178 Å². The highest BCUT2D eigenvalue weighted by atomic mass is 32.2. The summed E-state index contributed by atoms with van der Waals surface area (Å²) in [6, 6.07) is 0. The molecule has 2 aromatic heterocycles. The second-order valence-electron chi connectivity index (χ2n) is 7.83. The summed E-state index contributed by atoms with van der Waals surface area (Å²) < 4.78 is 1.92. The third-order valence-electron chi connectivity index (χ3n) is 5.83. The molecule has 0 radical (unpaired) electrons. The van der Waals surface area contributed by atoms with E-state index in [0.717, 1.165) is 67.6 Å². The molecule has 1 aliphatic heterocycles. The van der Waals surface area contributed by atoms with Gasteiger partial charge in [0.15, 0.2) is 0 Å². The van der Waals surface area contributed by atoms with E-state index in [1.165, 1.54) is 11.3 Å². The van der Waals surface area contributed by atoms with Gasteiger partial charge in [-0.1, -0.05) is 5.21 Å². The molecule has 0 saturated carbocycles. The molecule has 0 aromatic carbocycles. The van der Waals surface area contributed by atoms with E-state index in [-0.39, 0.29) is 5.91 Å². The van der Waals surface area contributed by atoms with Crippen LogP contribution in [-0.4, -0.2) is 56.2 Å². The van der Waals surface area contributed by atoms with Crippen molar-refractivity contribution in [3.05, 3.63) is 32.8 Å². The second kappa shape index (κ2) is 8.87. The van der Waals surface area contributed by atoms with Gasteiger partial charge in [0, 0.05) is 31.6 Å². The standard InChI is InChI=1S/C20H26N4O3S2/c1-28-12-14-11-24(22-21-14)10-13-6-8-23(9-7-13)19(25)17-15-4-2-3-5-16(15)18(29-17)20(26)27/h11,13H,2-10,12H2,1H3,(H,26,27). The minimum absolute atomic E-state index is 0.0158. The summed E-state index contributed by atoms with van der Waals surface area (Å²) in [5.74, 6) is 0.465. The third-order valence-corrected chi connectivity index (χ3v) is 7.67. The fraction of sp³-hybridized carbons (Fsp3) is 0.600. The zero-order valence-corrected chi connectivity index (χ0v) is 18.2. The third kappa shape index (κ3) is 4.35. The number of aromatic carboxylic acids is 1. The van der Waals surface area contributed by atoms with Crippen molar-refractivity contribution in [2.75, 3.05) is 19.3 Å². The Morgan fingerprint density at radius 2 is 1.90 bits per heavy atom. The maximum atomic E-state index is 13.2. The molecule has 0 spiro atoms. The number of rotatable bonds is 6. The number of carbonyl (C=O) groups is 2. The van der Waals surface area contributed by atoms with Crippen molar-refractivity contribution in [1.29, 1.82) is 0 Å². The van der Waals surface area contributed by atoms with Crippen molar-refractivity contribution in [3.8, 4) is 0 Å². The predicted molar refractivity (Wildman–Crippen MR) is 114 cm³/mol. The Morgan fingerprint density at radius 3 is 2.55 bits per heavy atom. The summed E-state index contributed by atoms with van der Waals surface area (Å²) in [5.41, 5.74) is 2.90. The van der Waals surface area contributed by atoms with Crippen molar-refractivity contribution in [2.24, 2.45) is 5.92 Å². The topological polar surface area (TPSA) is 88.3 Å². The van der Waals surface area contributed by atoms with Crippen LogP contribution in [0.5, 0.6) is 0 Å². The number of piperidine rings is 1. The monoisotopic (exact) mass is 434 g/mol. The number of hydrogen-bond acceptors (Lipinski definition) is 6. The molecular weight excluding hydrogens is 408 g/mol. The summed E-state index contributed by atoms with van der Waals surface area (Å²) in [4.78, 5) is 27.7. The molecule has 0 bridgehead atoms. The number of likely N-dealkylation sites (tertiary alicyclic amines) is 1. The molecule has 1 fully saturated rings. The fourth-order valence-corrected chi connectivity index (χ4v) is 5.98. The van der Waals surface area contributed by atoms with Crippen LogP contribution in [0.3, 0.4) is 0 Å². The second-order valence-corrected chi connectivity index (χ2v) is 9.72. The van der Waals surface area contributed by atoms with Gasteiger partial charge >= 0.3 is 5.97 Å². The van der Waals surface area contributed by atoms with Crippen LogP contribution in [0.25, 0.3) is 0 Å². The molecule has 1 amide bonds. The molecule has 1 saturated heterocycles. The predicted octanol–water partition coefficient (Wildman–Crippen LogP) is 3.33. The van der Waals surface area contributed by atoms with Gasteiger partial charge in [0.2, 0.25) is 0 Å². The van der Waals surface area contributed by atoms with Crippen LogP contribution in [0.2, 0.25) is 0 Å². The van der Waals surface area contributed by atoms with Crippen LogP contribution in [0, 0.1) is 5.92 Å². The molecule has 2 aromatic rings. The number of carbonyl (C=O) groups excluding carboxylic acids is 1. The van der Waals surface area contributed by atoms with Crippen molar-refractivity contribution >= 4 is 35.0 Å². The van der Waals surface area contributed by atoms with Gasteiger partial charge in [-0.3, -0.25) is 9.48 Å². The maximum absolute atomic E-state index is 13.2. The van der Waals surface area contributed by atoms with Crippen molar-refractivity contribution in [1.82, 2.24) is 19.9 Å². The summed E-state index contributed by atoms with van der Waals surface area (Å²) in [6.45, 7) is 2.26. The number of carboxylic acids is 1. The van der Waals surface area contributed by atoms with E-state index in [1.807, 2.05) is 15.8 Å². The molecule has 29 heavy (non-hydrogen) atoms. The molecule has 156 valence electrons. The van der Waals surface area contributed by atoms with Gasteiger partial charge in [-0.05, 0) is 61.8 Å². The van der Waals surface area contributed by atoms with E-state index in [4.69, 9.17) is 0 Å². The number of thioether (sulfide) groups is 1. The van der Waals surface area contributed by atoms with Gasteiger partial charge < -0.3 is 10.0 Å². The Kier molecular flexibility index (Phi) is 6.24. The number of thiophene rings is 1. The summed E-state index contributed by atoms with van der Waals surface area (Å²) in [6.07, 6.45) is 9.56. The van der Waals surface area contributed by atoms with Crippen molar-refractivity contribution < 1.29 is 14.7 Å². The van der Waals surface area contributed by atoms with Crippen LogP contribution >= 0.6 is 23.1 Å². The SMILES string of the molecule is CSCc1cn(CC2CCN(C(=O)c3sc(C(=O)O)c4c3CCCC4)CC2)nn1. The quantitative estimate of drug-likeness (QED) is 0.750. The van der Waals surface area contributed by atoms with Crippen LogP contribution in [0.15, 0.2) is 6.20 Å². The van der Waals surface area contributed by atoms with Gasteiger partial charge in [0.1, 0.15) is 4.88 Å². The molecule has 2 aliphatic rings. The summed E-state index contributed by atoms with van der Waals surface area (Å²) in [5, 5.41) is 17.9. The molecular formula is C20H26N4O3S2. The van der Waals surface area contributed by atoms with Crippen molar-refractivity contribution in [3.63, 3.8) is 0 Å². The first-order valence-corrected chi connectivity index (χ1v) is 12.3. The van der Waals surface area contributed by atoms with E-state index < -0.39 is 5.97 Å². The van der Waals surface area contributed by atoms with Gasteiger partial charge in [0.25, 0.3) is 5.91 Å². The van der Waals surface area contributed by atoms with E-state index in [2.05, 4.69) is 16.6 Å². The molecule has 1 aliphatic carbocycles. The van der Waals surface area contributed by atoms with E-state index in [1.54, 1.807) is 11.8 Å². The lowest BCUT2D eigenvalue weighted by atomic mass is 9.91. The van der Waals surface area contributed by atoms with Gasteiger partial charge in [-0.2, -0.15) is 11.8 Å². The fourth-order valence-electron chi connectivity index (χ4n) is 4.35. The Morgan fingerprint density at radius 1 is 1.21 bits per heavy atom. The lowest BCUT2D eigenvalue weighted by Crippen LogP contribution is -2.39. The van der Waals surface area contributed by atoms with Crippen LogP contribution in [0.4, 0.5) is 0 Å². The number of hydrogen-bond donors (Lipinski definition) is 1. The highest BCUT2D eigenvalue weighted by molar-refractivity contribution is 7.97. The van der Waals surface area contributed by atoms with Crippen LogP contribution < -0.4 is 0 Å². The molecule has 0 atom stereocenters. The molecule has 9 heteroatoms. The average Bonchev–Trinajstić information content (AvgIpc) is 3.33. The minimum atomic E-state index is -0.903. The summed E-state index contributed by atoms with van der Waals surface area (Å²) in [7, 11) is 0. The lowest BCUT2D eigenvalue weighted by Gasteiger charge is -2.32. The van der Waals surface area contributed by atoms with E-state index >= 15 is 0 Å². The zero-order chi connectivity index (χ0) is 20.4. The lowest BCUT2D eigenvalue weighted by molar-refractivity contribution is 0.0681. The molecule has 7 nitrogen and oxygen atoms in total. The van der Waals surface area contributed by atoms with Crippen molar-refractivity contribution in [2.45, 2.75) is 50.8 Å². The number of fused-ring (bicyclic) bond motifs is 1. The van der Waals surface area contributed by atoms with E-state index in [0.29, 0.717) is 28.8 Å². The molecule has 0 unspecified atom stereocenters. The Hall–Kier alpha value is -1.87. The number of amides is 1. The molecule has 1 N–H and O–H groups in total.